The van der Waals surface area contributed by atoms with Gasteiger partial charge in [0.15, 0.2) is 5.01 Å². The highest BCUT2D eigenvalue weighted by Crippen LogP contribution is 2.40. The minimum absolute atomic E-state index is 0.163. The normalized spacial score (nSPS) is 22.1. The summed E-state index contributed by atoms with van der Waals surface area (Å²) < 4.78 is 31.4. The zero-order valence-corrected chi connectivity index (χ0v) is 15.5. The Morgan fingerprint density at radius 2 is 2.22 bits per heavy atom. The molecule has 0 radical (unpaired) electrons. The van der Waals surface area contributed by atoms with E-state index in [9.17, 15) is 13.6 Å². The van der Waals surface area contributed by atoms with Gasteiger partial charge in [-0.1, -0.05) is 6.07 Å². The number of halogens is 2. The van der Waals surface area contributed by atoms with Crippen molar-refractivity contribution in [2.75, 3.05) is 4.90 Å². The van der Waals surface area contributed by atoms with E-state index in [0.29, 0.717) is 24.0 Å². The van der Waals surface area contributed by atoms with Crippen LogP contribution in [0.5, 0.6) is 0 Å². The van der Waals surface area contributed by atoms with Gasteiger partial charge in [0, 0.05) is 29.7 Å². The lowest BCUT2D eigenvalue weighted by Gasteiger charge is -2.42. The van der Waals surface area contributed by atoms with Gasteiger partial charge in [0.2, 0.25) is 0 Å². The Labute approximate surface area is 158 Å². The molecule has 6 nitrogen and oxygen atoms in total. The van der Waals surface area contributed by atoms with Crippen LogP contribution in [0.3, 0.4) is 0 Å². The molecule has 1 saturated carbocycles. The quantitative estimate of drug-likeness (QED) is 0.744. The minimum Gasteiger partial charge on any atom is -0.326 e. The summed E-state index contributed by atoms with van der Waals surface area (Å²) in [6.07, 6.45) is 5.16. The van der Waals surface area contributed by atoms with E-state index in [1.165, 1.54) is 17.5 Å². The first kappa shape index (κ1) is 18.0. The fourth-order valence-corrected chi connectivity index (χ4v) is 4.32. The molecule has 9 heteroatoms. The van der Waals surface area contributed by atoms with E-state index >= 15 is 0 Å². The van der Waals surface area contributed by atoms with E-state index in [2.05, 4.69) is 10.1 Å². The number of thiazole rings is 1. The van der Waals surface area contributed by atoms with Gasteiger partial charge in [-0.25, -0.2) is 18.3 Å². The van der Waals surface area contributed by atoms with Crippen molar-refractivity contribution in [2.24, 2.45) is 5.73 Å². The lowest BCUT2D eigenvalue weighted by atomic mass is 9.86. The SMILES string of the molecule is Cc1cnc(C(=O)N(c2cnn3ccccc23)[C@@H]2[C@H](N)CCCC2(F)F)s1. The van der Waals surface area contributed by atoms with Gasteiger partial charge in [0.05, 0.1) is 17.4 Å². The molecule has 0 unspecified atom stereocenters. The molecule has 1 fully saturated rings. The molecule has 0 spiro atoms. The number of amides is 1. The van der Waals surface area contributed by atoms with Crippen molar-refractivity contribution >= 4 is 28.4 Å². The van der Waals surface area contributed by atoms with Crippen molar-refractivity contribution in [3.8, 4) is 0 Å². The number of carbonyl (C=O) groups is 1. The van der Waals surface area contributed by atoms with E-state index in [-0.39, 0.29) is 11.4 Å². The van der Waals surface area contributed by atoms with Crippen LogP contribution in [-0.4, -0.2) is 38.5 Å². The monoisotopic (exact) mass is 391 g/mol. The van der Waals surface area contributed by atoms with Crippen molar-refractivity contribution in [3.63, 3.8) is 0 Å². The summed E-state index contributed by atoms with van der Waals surface area (Å²) in [4.78, 5) is 19.3. The standard InChI is InChI=1S/C18H19F2N5OS/c1-11-9-22-16(27-11)17(26)25(15-12(21)5-4-7-18(15,19)20)14-10-23-24-8-3-2-6-13(14)24/h2-3,6,8-10,12,15H,4-5,7,21H2,1H3/t12-,15-/m1/s1. The third-order valence-electron chi connectivity index (χ3n) is 4.85. The first-order valence-electron chi connectivity index (χ1n) is 8.70. The van der Waals surface area contributed by atoms with Gasteiger partial charge in [0.25, 0.3) is 11.8 Å². The second kappa shape index (κ2) is 6.65. The summed E-state index contributed by atoms with van der Waals surface area (Å²) in [5.74, 6) is -3.67. The van der Waals surface area contributed by atoms with Gasteiger partial charge in [-0.05, 0) is 31.9 Å². The summed E-state index contributed by atoms with van der Waals surface area (Å²) >= 11 is 1.18. The number of nitrogens with zero attached hydrogens (tertiary/aromatic N) is 4. The van der Waals surface area contributed by atoms with E-state index < -0.39 is 23.9 Å². The number of alkyl halides is 2. The number of aromatic nitrogens is 3. The maximum atomic E-state index is 14.9. The number of hydrogen-bond acceptors (Lipinski definition) is 5. The second-order valence-electron chi connectivity index (χ2n) is 6.77. The summed E-state index contributed by atoms with van der Waals surface area (Å²) in [5.41, 5.74) is 6.99. The first-order valence-corrected chi connectivity index (χ1v) is 9.52. The third-order valence-corrected chi connectivity index (χ3v) is 5.75. The topological polar surface area (TPSA) is 76.5 Å². The summed E-state index contributed by atoms with van der Waals surface area (Å²) in [6.45, 7) is 1.81. The first-order chi connectivity index (χ1) is 12.9. The van der Waals surface area contributed by atoms with Crippen molar-refractivity contribution in [3.05, 3.63) is 46.7 Å². The highest BCUT2D eigenvalue weighted by Gasteiger charge is 2.51. The number of anilines is 1. The fraction of sp³-hybridized carbons (Fsp3) is 0.389. The molecule has 142 valence electrons. The summed E-state index contributed by atoms with van der Waals surface area (Å²) in [7, 11) is 0. The third kappa shape index (κ3) is 3.10. The molecule has 0 saturated heterocycles. The van der Waals surface area contributed by atoms with Crippen LogP contribution >= 0.6 is 11.3 Å². The van der Waals surface area contributed by atoms with Crippen LogP contribution in [-0.2, 0) is 0 Å². The summed E-state index contributed by atoms with van der Waals surface area (Å²) in [5, 5.41) is 4.37. The molecule has 1 aliphatic carbocycles. The van der Waals surface area contributed by atoms with Crippen LogP contribution in [0.25, 0.3) is 5.52 Å². The maximum Gasteiger partial charge on any atom is 0.287 e. The van der Waals surface area contributed by atoms with Crippen LogP contribution in [0.15, 0.2) is 36.8 Å². The molecule has 1 amide bonds. The molecule has 0 aromatic carbocycles. The highest BCUT2D eigenvalue weighted by atomic mass is 32.1. The average molecular weight is 391 g/mol. The Hall–Kier alpha value is -2.39. The van der Waals surface area contributed by atoms with Crippen LogP contribution in [0.2, 0.25) is 0 Å². The van der Waals surface area contributed by atoms with E-state index in [1.807, 2.05) is 6.92 Å². The summed E-state index contributed by atoms with van der Waals surface area (Å²) in [6, 6.07) is 3.01. The second-order valence-corrected chi connectivity index (χ2v) is 8.01. The van der Waals surface area contributed by atoms with Gasteiger partial charge in [0.1, 0.15) is 6.04 Å². The molecule has 3 aromatic rings. The van der Waals surface area contributed by atoms with Gasteiger partial charge in [-0.3, -0.25) is 9.69 Å². The Morgan fingerprint density at radius 3 is 2.93 bits per heavy atom. The van der Waals surface area contributed by atoms with Crippen molar-refractivity contribution in [2.45, 2.75) is 44.2 Å². The van der Waals surface area contributed by atoms with E-state index in [4.69, 9.17) is 5.73 Å². The molecule has 0 bridgehead atoms. The van der Waals surface area contributed by atoms with Gasteiger partial charge in [-0.15, -0.1) is 11.3 Å². The van der Waals surface area contributed by atoms with Gasteiger partial charge in [-0.2, -0.15) is 5.10 Å². The molecule has 3 aromatic heterocycles. The molecule has 2 N–H and O–H groups in total. The highest BCUT2D eigenvalue weighted by molar-refractivity contribution is 7.13. The van der Waals surface area contributed by atoms with Crippen LogP contribution in [0.1, 0.15) is 33.9 Å². The predicted octanol–water partition coefficient (Wildman–Crippen LogP) is 3.26. The largest absolute Gasteiger partial charge is 0.326 e. The Balaban J connectivity index is 1.88. The fourth-order valence-electron chi connectivity index (χ4n) is 3.62. The van der Waals surface area contributed by atoms with Crippen LogP contribution in [0.4, 0.5) is 14.5 Å². The molecular formula is C18H19F2N5OS. The minimum atomic E-state index is -3.09. The average Bonchev–Trinajstić information content (AvgIpc) is 3.24. The van der Waals surface area contributed by atoms with Crippen LogP contribution in [0, 0.1) is 6.92 Å². The Kier molecular flexibility index (Phi) is 4.43. The van der Waals surface area contributed by atoms with Crippen LogP contribution < -0.4 is 10.6 Å². The predicted molar refractivity (Wildman–Crippen MR) is 99.4 cm³/mol. The maximum absolute atomic E-state index is 14.9. The number of nitrogens with two attached hydrogens (primary N) is 1. The van der Waals surface area contributed by atoms with Gasteiger partial charge >= 0.3 is 0 Å². The lowest BCUT2D eigenvalue weighted by molar-refractivity contribution is -0.0588. The van der Waals surface area contributed by atoms with Crippen molar-refractivity contribution in [1.82, 2.24) is 14.6 Å². The Morgan fingerprint density at radius 1 is 1.41 bits per heavy atom. The van der Waals surface area contributed by atoms with Crippen molar-refractivity contribution in [1.29, 1.82) is 0 Å². The number of hydrogen-bond donors (Lipinski definition) is 1. The Bertz CT molecular complexity index is 985. The molecular weight excluding hydrogens is 372 g/mol. The molecule has 1 aliphatic rings. The molecule has 27 heavy (non-hydrogen) atoms. The number of rotatable bonds is 3. The zero-order chi connectivity index (χ0) is 19.2. The van der Waals surface area contributed by atoms with Gasteiger partial charge < -0.3 is 5.73 Å². The van der Waals surface area contributed by atoms with E-state index in [0.717, 1.165) is 9.78 Å². The number of pyridine rings is 1. The van der Waals surface area contributed by atoms with E-state index in [1.54, 1.807) is 35.1 Å². The molecule has 4 rings (SSSR count). The molecule has 3 heterocycles. The van der Waals surface area contributed by atoms with Crippen molar-refractivity contribution < 1.29 is 13.6 Å². The lowest BCUT2D eigenvalue weighted by Crippen LogP contribution is -2.61. The molecule has 2 atom stereocenters. The number of carbonyl (C=O) groups excluding carboxylic acids is 1. The molecule has 0 aliphatic heterocycles. The smallest absolute Gasteiger partial charge is 0.287 e. The zero-order valence-electron chi connectivity index (χ0n) is 14.7. The number of fused-ring (bicyclic) bond motifs is 1. The number of aryl methyl sites for hydroxylation is 1.